The second kappa shape index (κ2) is 9.83. The molecule has 0 spiro atoms. The number of carbonyl (C=O) groups is 1. The Morgan fingerprint density at radius 3 is 2.38 bits per heavy atom. The lowest BCUT2D eigenvalue weighted by molar-refractivity contribution is 0.0697. The first-order valence-electron chi connectivity index (χ1n) is 11.5. The van der Waals surface area contributed by atoms with Crippen molar-refractivity contribution < 1.29 is 19.4 Å². The van der Waals surface area contributed by atoms with Crippen LogP contribution in [0.5, 0.6) is 5.75 Å². The van der Waals surface area contributed by atoms with E-state index in [2.05, 4.69) is 35.4 Å². The van der Waals surface area contributed by atoms with E-state index >= 15 is 0 Å². The molecule has 4 rings (SSSR count). The molecular formula is C27H31N3O4. The number of fused-ring (bicyclic) bond motifs is 3. The molecule has 1 aliphatic rings. The number of phenolic OH excluding ortho intramolecular Hbond substituents is 1. The molecule has 2 heterocycles. The third-order valence-electron chi connectivity index (χ3n) is 6.71. The van der Waals surface area contributed by atoms with Crippen LogP contribution < -0.4 is 0 Å². The predicted molar refractivity (Wildman–Crippen MR) is 136 cm³/mol. The van der Waals surface area contributed by atoms with Crippen LogP contribution in [0.1, 0.15) is 42.7 Å². The van der Waals surface area contributed by atoms with Gasteiger partial charge in [0.2, 0.25) is 0 Å². The number of furan rings is 1. The number of carboxylic acid groups (broad SMARTS) is 1. The van der Waals surface area contributed by atoms with Crippen molar-refractivity contribution in [3.8, 4) is 5.75 Å². The quantitative estimate of drug-likeness (QED) is 0.371. The Balaban J connectivity index is 2.01. The monoisotopic (exact) mass is 461 g/mol. The van der Waals surface area contributed by atoms with Gasteiger partial charge in [0.25, 0.3) is 0 Å². The number of rotatable bonds is 7. The predicted octanol–water partition coefficient (Wildman–Crippen LogP) is 5.22. The summed E-state index contributed by atoms with van der Waals surface area (Å²) in [7, 11) is 0. The van der Waals surface area contributed by atoms with Crippen LogP contribution in [0.4, 0.5) is 0 Å². The molecule has 7 heteroatoms. The van der Waals surface area contributed by atoms with Gasteiger partial charge in [-0.2, -0.15) is 0 Å². The molecule has 1 atom stereocenters. The van der Waals surface area contributed by atoms with Gasteiger partial charge in [-0.3, -0.25) is 14.8 Å². The largest absolute Gasteiger partial charge is 0.507 e. The van der Waals surface area contributed by atoms with E-state index in [-0.39, 0.29) is 17.4 Å². The van der Waals surface area contributed by atoms with Gasteiger partial charge in [-0.1, -0.05) is 30.3 Å². The summed E-state index contributed by atoms with van der Waals surface area (Å²) < 4.78 is 5.82. The third kappa shape index (κ3) is 4.13. The van der Waals surface area contributed by atoms with Crippen molar-refractivity contribution in [3.05, 3.63) is 65.6 Å². The molecule has 3 aromatic rings. The van der Waals surface area contributed by atoms with Crippen molar-refractivity contribution in [2.24, 2.45) is 4.99 Å². The Morgan fingerprint density at radius 1 is 1.15 bits per heavy atom. The van der Waals surface area contributed by atoms with Crippen LogP contribution in [-0.2, 0) is 0 Å². The maximum Gasteiger partial charge on any atom is 0.339 e. The summed E-state index contributed by atoms with van der Waals surface area (Å²) in [5.41, 5.74) is 1.94. The summed E-state index contributed by atoms with van der Waals surface area (Å²) >= 11 is 0. The lowest BCUT2D eigenvalue weighted by Gasteiger charge is -2.41. The molecule has 1 aromatic heterocycles. The Morgan fingerprint density at radius 2 is 1.79 bits per heavy atom. The first-order valence-corrected chi connectivity index (χ1v) is 11.5. The maximum absolute atomic E-state index is 12.2. The van der Waals surface area contributed by atoms with Crippen LogP contribution in [0.3, 0.4) is 0 Å². The average molecular weight is 462 g/mol. The second-order valence-corrected chi connectivity index (χ2v) is 8.82. The number of nitrogens with zero attached hydrogens (tertiary/aromatic N) is 3. The van der Waals surface area contributed by atoms with Crippen LogP contribution in [0.2, 0.25) is 0 Å². The highest BCUT2D eigenvalue weighted by Crippen LogP contribution is 2.46. The van der Waals surface area contributed by atoms with Gasteiger partial charge in [-0.15, -0.1) is 0 Å². The average Bonchev–Trinajstić information content (AvgIpc) is 3.29. The van der Waals surface area contributed by atoms with Gasteiger partial charge in [-0.25, -0.2) is 4.79 Å². The Labute approximate surface area is 199 Å². The highest BCUT2D eigenvalue weighted by atomic mass is 16.4. The van der Waals surface area contributed by atoms with Crippen LogP contribution in [-0.4, -0.2) is 64.9 Å². The number of aromatic carboxylic acids is 1. The lowest BCUT2D eigenvalue weighted by Crippen LogP contribution is -2.50. The fourth-order valence-electron chi connectivity index (χ4n) is 4.95. The van der Waals surface area contributed by atoms with E-state index in [1.807, 2.05) is 43.3 Å². The maximum atomic E-state index is 12.2. The van der Waals surface area contributed by atoms with E-state index in [1.54, 1.807) is 6.20 Å². The molecule has 2 aromatic carbocycles. The lowest BCUT2D eigenvalue weighted by atomic mass is 9.88. The van der Waals surface area contributed by atoms with Crippen LogP contribution in [0.15, 0.2) is 63.9 Å². The smallest absolute Gasteiger partial charge is 0.339 e. The minimum Gasteiger partial charge on any atom is -0.507 e. The zero-order valence-electron chi connectivity index (χ0n) is 19.9. The molecule has 0 aliphatic carbocycles. The molecule has 2 N–H and O–H groups in total. The number of benzene rings is 2. The Kier molecular flexibility index (Phi) is 6.86. The van der Waals surface area contributed by atoms with E-state index in [9.17, 15) is 15.0 Å². The molecule has 0 amide bonds. The molecule has 1 unspecified atom stereocenters. The summed E-state index contributed by atoms with van der Waals surface area (Å²) in [6, 6.07) is 7.43. The Bertz CT molecular complexity index is 1280. The zero-order chi connectivity index (χ0) is 24.4. The van der Waals surface area contributed by atoms with Gasteiger partial charge in [0.1, 0.15) is 23.2 Å². The van der Waals surface area contributed by atoms with Gasteiger partial charge in [0, 0.05) is 60.1 Å². The summed E-state index contributed by atoms with van der Waals surface area (Å²) in [6.07, 6.45) is 6.73. The van der Waals surface area contributed by atoms with Crippen LogP contribution >= 0.6 is 0 Å². The van der Waals surface area contributed by atoms with Gasteiger partial charge >= 0.3 is 5.97 Å². The number of hydrogen-bond donors (Lipinski definition) is 2. The summed E-state index contributed by atoms with van der Waals surface area (Å²) in [5.74, 6) is -1.02. The number of piperazine rings is 1. The Hall–Kier alpha value is -3.42. The first kappa shape index (κ1) is 23.7. The van der Waals surface area contributed by atoms with Gasteiger partial charge < -0.3 is 14.6 Å². The van der Waals surface area contributed by atoms with Crippen LogP contribution in [0, 0.1) is 0 Å². The van der Waals surface area contributed by atoms with Gasteiger partial charge in [-0.05, 0) is 39.1 Å². The topological polar surface area (TPSA) is 89.5 Å². The number of aliphatic imine (C=N–C) groups is 1. The number of allylic oxidation sites excluding steroid dienone is 1. The normalized spacial score (nSPS) is 17.2. The highest BCUT2D eigenvalue weighted by molar-refractivity contribution is 6.15. The fraction of sp³-hybridized carbons (Fsp3) is 0.333. The summed E-state index contributed by atoms with van der Waals surface area (Å²) in [4.78, 5) is 20.8. The van der Waals surface area contributed by atoms with E-state index in [4.69, 9.17) is 4.42 Å². The number of carboxylic acids is 1. The minimum absolute atomic E-state index is 0.0400. The standard InChI is InChI=1S/C27H31N3O4/c1-5-18(10-11-28-4)24(30-14-12-29(13-15-30)17(2)3)23-22-21(27(32)33)16-34-26(22)20-9-7-6-8-19(20)25(23)31/h5-11,16-17,24,31H,4,12-15H2,1-3H3,(H,32,33)/b11-10-,18-5+. The fourth-order valence-corrected chi connectivity index (χ4v) is 4.95. The first-order chi connectivity index (χ1) is 16.4. The van der Waals surface area contributed by atoms with Gasteiger partial charge in [0.15, 0.2) is 0 Å². The molecule has 1 fully saturated rings. The van der Waals surface area contributed by atoms with Crippen molar-refractivity contribution in [3.63, 3.8) is 0 Å². The summed E-state index contributed by atoms with van der Waals surface area (Å²) in [6.45, 7) is 13.2. The van der Waals surface area contributed by atoms with Crippen molar-refractivity contribution in [2.45, 2.75) is 32.9 Å². The van der Waals surface area contributed by atoms with E-state index < -0.39 is 5.97 Å². The molecule has 0 bridgehead atoms. The molecule has 1 aliphatic heterocycles. The van der Waals surface area contributed by atoms with Crippen molar-refractivity contribution in [1.29, 1.82) is 0 Å². The molecule has 7 nitrogen and oxygen atoms in total. The van der Waals surface area contributed by atoms with E-state index in [1.165, 1.54) is 6.26 Å². The number of aromatic hydroxyl groups is 1. The number of phenols is 1. The zero-order valence-corrected chi connectivity index (χ0v) is 19.9. The highest BCUT2D eigenvalue weighted by Gasteiger charge is 2.34. The number of hydrogen-bond acceptors (Lipinski definition) is 6. The molecule has 1 saturated heterocycles. The van der Waals surface area contributed by atoms with Gasteiger partial charge in [0.05, 0.1) is 6.04 Å². The van der Waals surface area contributed by atoms with Crippen molar-refractivity contribution in [1.82, 2.24) is 9.80 Å². The summed E-state index contributed by atoms with van der Waals surface area (Å²) in [5, 5.41) is 23.3. The minimum atomic E-state index is -1.09. The molecule has 178 valence electrons. The van der Waals surface area contributed by atoms with Crippen LogP contribution in [0.25, 0.3) is 21.7 Å². The second-order valence-electron chi connectivity index (χ2n) is 8.82. The molecule has 0 radical (unpaired) electrons. The van der Waals surface area contributed by atoms with Crippen molar-refractivity contribution in [2.75, 3.05) is 26.2 Å². The van der Waals surface area contributed by atoms with E-state index in [0.29, 0.717) is 33.3 Å². The molecular weight excluding hydrogens is 430 g/mol. The third-order valence-corrected chi connectivity index (χ3v) is 6.71. The SMILES string of the molecule is C=N/C=C\C(=C/C)C(c1c(O)c2ccccc2c2occ(C(=O)O)c12)N1CCN(C(C)C)CC1. The molecule has 34 heavy (non-hydrogen) atoms. The van der Waals surface area contributed by atoms with Crippen molar-refractivity contribution >= 4 is 34.4 Å². The van der Waals surface area contributed by atoms with E-state index in [0.717, 1.165) is 31.8 Å². The molecule has 0 saturated carbocycles.